The lowest BCUT2D eigenvalue weighted by molar-refractivity contribution is -0.124. The fourth-order valence-corrected chi connectivity index (χ4v) is 3.33. The molecule has 1 aliphatic rings. The SMILES string of the molecule is CC(C(=O)N(CCC#N)c1ccccc1)N1CCCC(C)(CO)C1. The Bertz CT molecular complexity index is 584. The maximum Gasteiger partial charge on any atom is 0.244 e. The van der Waals surface area contributed by atoms with E-state index in [0.29, 0.717) is 13.0 Å². The van der Waals surface area contributed by atoms with Crippen molar-refractivity contribution in [3.05, 3.63) is 30.3 Å². The Morgan fingerprint density at radius 3 is 2.79 bits per heavy atom. The number of carbonyl (C=O) groups is 1. The number of amides is 1. The van der Waals surface area contributed by atoms with E-state index in [1.165, 1.54) is 0 Å². The topological polar surface area (TPSA) is 67.6 Å². The van der Waals surface area contributed by atoms with Gasteiger partial charge in [-0.25, -0.2) is 0 Å². The Hall–Kier alpha value is -1.90. The second-order valence-corrected chi connectivity index (χ2v) is 6.95. The Morgan fingerprint density at radius 2 is 2.17 bits per heavy atom. The second-order valence-electron chi connectivity index (χ2n) is 6.95. The maximum absolute atomic E-state index is 13.1. The van der Waals surface area contributed by atoms with E-state index in [1.807, 2.05) is 37.3 Å². The van der Waals surface area contributed by atoms with Crippen LogP contribution in [0, 0.1) is 16.7 Å². The summed E-state index contributed by atoms with van der Waals surface area (Å²) in [5, 5.41) is 18.5. The number of anilines is 1. The molecule has 1 aliphatic heterocycles. The summed E-state index contributed by atoms with van der Waals surface area (Å²) in [5.41, 5.74) is 0.684. The van der Waals surface area contributed by atoms with Crippen LogP contribution in [-0.2, 0) is 4.79 Å². The first kappa shape index (κ1) is 18.4. The summed E-state index contributed by atoms with van der Waals surface area (Å²) in [7, 11) is 0. The van der Waals surface area contributed by atoms with E-state index in [1.54, 1.807) is 4.90 Å². The van der Waals surface area contributed by atoms with Gasteiger partial charge in [0.1, 0.15) is 0 Å². The minimum Gasteiger partial charge on any atom is -0.396 e. The molecule has 1 saturated heterocycles. The van der Waals surface area contributed by atoms with Gasteiger partial charge in [0, 0.05) is 30.8 Å². The molecule has 2 atom stereocenters. The van der Waals surface area contributed by atoms with Crippen LogP contribution in [0.3, 0.4) is 0 Å². The number of rotatable bonds is 6. The summed E-state index contributed by atoms with van der Waals surface area (Å²) in [4.78, 5) is 16.9. The van der Waals surface area contributed by atoms with Gasteiger partial charge in [-0.15, -0.1) is 0 Å². The van der Waals surface area contributed by atoms with Crippen molar-refractivity contribution < 1.29 is 9.90 Å². The quantitative estimate of drug-likeness (QED) is 0.870. The lowest BCUT2D eigenvalue weighted by Gasteiger charge is -2.42. The van der Waals surface area contributed by atoms with Crippen LogP contribution in [-0.4, -0.2) is 48.2 Å². The third-order valence-electron chi connectivity index (χ3n) is 4.88. The number of likely N-dealkylation sites (tertiary alicyclic amines) is 1. The summed E-state index contributed by atoms with van der Waals surface area (Å²) in [5.74, 6) is 0.0126. The van der Waals surface area contributed by atoms with Crippen molar-refractivity contribution in [1.29, 1.82) is 5.26 Å². The highest BCUT2D eigenvalue weighted by Gasteiger charge is 2.35. The smallest absolute Gasteiger partial charge is 0.244 e. The first-order valence-corrected chi connectivity index (χ1v) is 8.59. The number of aliphatic hydroxyl groups excluding tert-OH is 1. The molecule has 5 nitrogen and oxygen atoms in total. The van der Waals surface area contributed by atoms with Gasteiger partial charge in [0.15, 0.2) is 0 Å². The molecular formula is C19H27N3O2. The largest absolute Gasteiger partial charge is 0.396 e. The number of nitrogens with zero attached hydrogens (tertiary/aromatic N) is 3. The highest BCUT2D eigenvalue weighted by atomic mass is 16.3. The summed E-state index contributed by atoms with van der Waals surface area (Å²) >= 11 is 0. The highest BCUT2D eigenvalue weighted by molar-refractivity contribution is 5.97. The Morgan fingerprint density at radius 1 is 1.46 bits per heavy atom. The average molecular weight is 329 g/mol. The first-order valence-electron chi connectivity index (χ1n) is 8.59. The van der Waals surface area contributed by atoms with Crippen LogP contribution in [0.25, 0.3) is 0 Å². The zero-order valence-corrected chi connectivity index (χ0v) is 14.6. The summed E-state index contributed by atoms with van der Waals surface area (Å²) in [6, 6.07) is 11.4. The normalized spacial score (nSPS) is 22.6. The molecule has 1 amide bonds. The fourth-order valence-electron chi connectivity index (χ4n) is 3.33. The van der Waals surface area contributed by atoms with Crippen molar-refractivity contribution in [3.63, 3.8) is 0 Å². The van der Waals surface area contributed by atoms with Crippen molar-refractivity contribution >= 4 is 11.6 Å². The predicted molar refractivity (Wildman–Crippen MR) is 94.5 cm³/mol. The lowest BCUT2D eigenvalue weighted by Crippen LogP contribution is -2.53. The van der Waals surface area contributed by atoms with Crippen LogP contribution in [0.1, 0.15) is 33.1 Å². The number of aliphatic hydroxyl groups is 1. The van der Waals surface area contributed by atoms with Gasteiger partial charge in [0.05, 0.1) is 18.5 Å². The van der Waals surface area contributed by atoms with Gasteiger partial charge in [0.2, 0.25) is 5.91 Å². The number of hydrogen-bond acceptors (Lipinski definition) is 4. The molecule has 1 fully saturated rings. The Kier molecular flexibility index (Phi) is 6.36. The van der Waals surface area contributed by atoms with Crippen molar-refractivity contribution in [2.24, 2.45) is 5.41 Å². The average Bonchev–Trinajstić information content (AvgIpc) is 2.62. The lowest BCUT2D eigenvalue weighted by atomic mass is 9.82. The zero-order chi connectivity index (χ0) is 17.6. The van der Waals surface area contributed by atoms with Crippen molar-refractivity contribution in [1.82, 2.24) is 4.90 Å². The van der Waals surface area contributed by atoms with E-state index in [2.05, 4.69) is 17.9 Å². The first-order chi connectivity index (χ1) is 11.5. The van der Waals surface area contributed by atoms with Gasteiger partial charge in [-0.05, 0) is 38.4 Å². The van der Waals surface area contributed by atoms with Crippen LogP contribution >= 0.6 is 0 Å². The van der Waals surface area contributed by atoms with E-state index in [4.69, 9.17) is 5.26 Å². The van der Waals surface area contributed by atoms with Gasteiger partial charge in [0.25, 0.3) is 0 Å². The number of hydrogen-bond donors (Lipinski definition) is 1. The number of para-hydroxylation sites is 1. The Balaban J connectivity index is 2.15. The second kappa shape index (κ2) is 8.27. The van der Waals surface area contributed by atoms with Gasteiger partial charge in [-0.1, -0.05) is 25.1 Å². The molecule has 130 valence electrons. The summed E-state index contributed by atoms with van der Waals surface area (Å²) in [6.07, 6.45) is 2.28. The van der Waals surface area contributed by atoms with E-state index in [0.717, 1.165) is 31.6 Å². The molecule has 1 heterocycles. The minimum absolute atomic E-state index is 0.0126. The van der Waals surface area contributed by atoms with Gasteiger partial charge < -0.3 is 10.0 Å². The number of carbonyl (C=O) groups excluding carboxylic acids is 1. The minimum atomic E-state index is -0.268. The highest BCUT2D eigenvalue weighted by Crippen LogP contribution is 2.30. The monoisotopic (exact) mass is 329 g/mol. The van der Waals surface area contributed by atoms with Crippen molar-refractivity contribution in [2.45, 2.75) is 39.2 Å². The molecule has 24 heavy (non-hydrogen) atoms. The molecule has 2 unspecified atom stereocenters. The molecule has 5 heteroatoms. The number of benzene rings is 1. The standard InChI is InChI=1S/C19H27N3O2/c1-16(21-12-6-10-19(2,14-21)15-23)18(24)22(13-7-11-20)17-8-4-3-5-9-17/h3-5,8-9,16,23H,6-7,10,12-15H2,1-2H3. The Labute approximate surface area is 144 Å². The van der Waals surface area contributed by atoms with E-state index in [-0.39, 0.29) is 24.0 Å². The summed E-state index contributed by atoms with van der Waals surface area (Å²) in [6.45, 7) is 6.12. The van der Waals surface area contributed by atoms with Crippen LogP contribution in [0.15, 0.2) is 30.3 Å². The molecule has 0 radical (unpaired) electrons. The zero-order valence-electron chi connectivity index (χ0n) is 14.6. The van der Waals surface area contributed by atoms with E-state index >= 15 is 0 Å². The molecule has 0 spiro atoms. The maximum atomic E-state index is 13.1. The van der Waals surface area contributed by atoms with Crippen molar-refractivity contribution in [3.8, 4) is 6.07 Å². The number of nitriles is 1. The van der Waals surface area contributed by atoms with Crippen LogP contribution in [0.2, 0.25) is 0 Å². The molecule has 2 rings (SSSR count). The fraction of sp³-hybridized carbons (Fsp3) is 0.579. The van der Waals surface area contributed by atoms with Crippen LogP contribution in [0.4, 0.5) is 5.69 Å². The molecule has 1 aromatic rings. The molecule has 0 bridgehead atoms. The number of piperidine rings is 1. The molecule has 1 aromatic carbocycles. The van der Waals surface area contributed by atoms with E-state index in [9.17, 15) is 9.90 Å². The third kappa shape index (κ3) is 4.34. The molecule has 1 N–H and O–H groups in total. The molecular weight excluding hydrogens is 302 g/mol. The summed E-state index contributed by atoms with van der Waals surface area (Å²) < 4.78 is 0. The molecule has 0 saturated carbocycles. The van der Waals surface area contributed by atoms with Crippen molar-refractivity contribution in [2.75, 3.05) is 31.1 Å². The van der Waals surface area contributed by atoms with Gasteiger partial charge in [-0.3, -0.25) is 9.69 Å². The predicted octanol–water partition coefficient (Wildman–Crippen LogP) is 2.42. The third-order valence-corrected chi connectivity index (χ3v) is 4.88. The van der Waals surface area contributed by atoms with E-state index < -0.39 is 0 Å². The van der Waals surface area contributed by atoms with Crippen LogP contribution < -0.4 is 4.90 Å². The molecule has 0 aromatic heterocycles. The van der Waals surface area contributed by atoms with Gasteiger partial charge in [-0.2, -0.15) is 5.26 Å². The van der Waals surface area contributed by atoms with Crippen LogP contribution in [0.5, 0.6) is 0 Å². The molecule has 0 aliphatic carbocycles. The van der Waals surface area contributed by atoms with Gasteiger partial charge >= 0.3 is 0 Å².